The summed E-state index contributed by atoms with van der Waals surface area (Å²) in [4.78, 5) is 11.9. The molecule has 0 aromatic carbocycles. The molecule has 2 unspecified atom stereocenters. The second-order valence-corrected chi connectivity index (χ2v) is 5.56. The van der Waals surface area contributed by atoms with Gasteiger partial charge in [-0.25, -0.2) is 0 Å². The van der Waals surface area contributed by atoms with Crippen LogP contribution in [0.25, 0.3) is 0 Å². The topological polar surface area (TPSA) is 55.1 Å². The Morgan fingerprint density at radius 2 is 2.00 bits per heavy atom. The maximum absolute atomic E-state index is 12.6. The third-order valence-corrected chi connectivity index (χ3v) is 4.20. The van der Waals surface area contributed by atoms with E-state index >= 15 is 0 Å². The number of rotatable bonds is 3. The lowest BCUT2D eigenvalue weighted by atomic mass is 9.85. The van der Waals surface area contributed by atoms with Crippen LogP contribution in [0.3, 0.4) is 0 Å². The summed E-state index contributed by atoms with van der Waals surface area (Å²) < 4.78 is 37.9. The molecule has 2 fully saturated rings. The monoisotopic (exact) mass is 264 g/mol. The van der Waals surface area contributed by atoms with E-state index in [0.717, 1.165) is 12.8 Å². The van der Waals surface area contributed by atoms with Crippen LogP contribution in [-0.2, 0) is 4.79 Å². The number of amides is 1. The van der Waals surface area contributed by atoms with Crippen LogP contribution < -0.4 is 11.1 Å². The van der Waals surface area contributed by atoms with Gasteiger partial charge in [-0.1, -0.05) is 6.42 Å². The Labute approximate surface area is 104 Å². The standard InChI is InChI=1S/C12H19F3N2O/c13-12(14,15)8-2-1-3-9(6-8)17-10(18)11(7-16)4-5-11/h8-9H,1-7,16H2,(H,17,18). The van der Waals surface area contributed by atoms with Crippen LogP contribution in [0, 0.1) is 11.3 Å². The van der Waals surface area contributed by atoms with E-state index < -0.39 is 17.5 Å². The number of carbonyl (C=O) groups excluding carboxylic acids is 1. The van der Waals surface area contributed by atoms with Gasteiger partial charge in [-0.3, -0.25) is 4.79 Å². The predicted molar refractivity (Wildman–Crippen MR) is 60.7 cm³/mol. The SMILES string of the molecule is NCC1(C(=O)NC2CCCC(C(F)(F)F)C2)CC1. The molecule has 3 nitrogen and oxygen atoms in total. The minimum absolute atomic E-state index is 0.00981. The van der Waals surface area contributed by atoms with Crippen molar-refractivity contribution in [1.29, 1.82) is 0 Å². The lowest BCUT2D eigenvalue weighted by molar-refractivity contribution is -0.184. The summed E-state index contributed by atoms with van der Waals surface area (Å²) in [6.45, 7) is 0.286. The molecule has 2 atom stereocenters. The Balaban J connectivity index is 1.88. The van der Waals surface area contributed by atoms with Gasteiger partial charge >= 0.3 is 6.18 Å². The minimum Gasteiger partial charge on any atom is -0.353 e. The molecule has 0 aliphatic heterocycles. The molecule has 0 bridgehead atoms. The first-order valence-corrected chi connectivity index (χ1v) is 6.45. The maximum Gasteiger partial charge on any atom is 0.391 e. The van der Waals surface area contributed by atoms with Crippen molar-refractivity contribution in [3.63, 3.8) is 0 Å². The Kier molecular flexibility index (Phi) is 3.58. The molecule has 3 N–H and O–H groups in total. The number of nitrogens with two attached hydrogens (primary N) is 1. The fourth-order valence-electron chi connectivity index (χ4n) is 2.63. The fraction of sp³-hybridized carbons (Fsp3) is 0.917. The third kappa shape index (κ3) is 2.79. The second-order valence-electron chi connectivity index (χ2n) is 5.56. The fourth-order valence-corrected chi connectivity index (χ4v) is 2.63. The highest BCUT2D eigenvalue weighted by Crippen LogP contribution is 2.45. The Hall–Kier alpha value is -0.780. The van der Waals surface area contributed by atoms with Crippen molar-refractivity contribution < 1.29 is 18.0 Å². The molecule has 0 radical (unpaired) electrons. The molecule has 2 aliphatic rings. The number of hydrogen-bond acceptors (Lipinski definition) is 2. The van der Waals surface area contributed by atoms with Gasteiger partial charge in [0.1, 0.15) is 0 Å². The molecule has 2 saturated carbocycles. The van der Waals surface area contributed by atoms with Crippen molar-refractivity contribution in [3.05, 3.63) is 0 Å². The van der Waals surface area contributed by atoms with Crippen LogP contribution in [-0.4, -0.2) is 24.7 Å². The van der Waals surface area contributed by atoms with Gasteiger partial charge in [-0.15, -0.1) is 0 Å². The number of carbonyl (C=O) groups is 1. The van der Waals surface area contributed by atoms with Crippen molar-refractivity contribution in [3.8, 4) is 0 Å². The van der Waals surface area contributed by atoms with Gasteiger partial charge in [0.25, 0.3) is 0 Å². The summed E-state index contributed by atoms with van der Waals surface area (Å²) in [6, 6.07) is -0.345. The number of hydrogen-bond donors (Lipinski definition) is 2. The summed E-state index contributed by atoms with van der Waals surface area (Å²) in [5, 5.41) is 2.76. The lowest BCUT2D eigenvalue weighted by Crippen LogP contribution is -2.46. The summed E-state index contributed by atoms with van der Waals surface area (Å²) in [5.41, 5.74) is 5.05. The Bertz CT molecular complexity index is 326. The van der Waals surface area contributed by atoms with E-state index in [1.165, 1.54) is 0 Å². The van der Waals surface area contributed by atoms with Gasteiger partial charge in [0.15, 0.2) is 0 Å². The summed E-state index contributed by atoms with van der Waals surface area (Å²) in [5.74, 6) is -1.43. The second kappa shape index (κ2) is 4.72. The molecule has 1 amide bonds. The maximum atomic E-state index is 12.6. The van der Waals surface area contributed by atoms with Crippen molar-refractivity contribution in [2.24, 2.45) is 17.1 Å². The van der Waals surface area contributed by atoms with Gasteiger partial charge in [-0.05, 0) is 32.1 Å². The summed E-state index contributed by atoms with van der Waals surface area (Å²) >= 11 is 0. The highest BCUT2D eigenvalue weighted by atomic mass is 19.4. The van der Waals surface area contributed by atoms with Crippen LogP contribution in [0.5, 0.6) is 0 Å². The molecule has 0 aromatic rings. The number of nitrogens with one attached hydrogen (secondary N) is 1. The molecule has 18 heavy (non-hydrogen) atoms. The molecule has 6 heteroatoms. The number of halogens is 3. The largest absolute Gasteiger partial charge is 0.391 e. The molecule has 0 aromatic heterocycles. The van der Waals surface area contributed by atoms with Crippen LogP contribution in [0.15, 0.2) is 0 Å². The minimum atomic E-state index is -4.14. The molecule has 0 saturated heterocycles. The van der Waals surface area contributed by atoms with Gasteiger partial charge < -0.3 is 11.1 Å². The van der Waals surface area contributed by atoms with E-state index in [1.54, 1.807) is 0 Å². The zero-order valence-electron chi connectivity index (χ0n) is 10.2. The van der Waals surface area contributed by atoms with Crippen molar-refractivity contribution in [2.45, 2.75) is 50.7 Å². The molecule has 0 spiro atoms. The average Bonchev–Trinajstić information content (AvgIpc) is 3.09. The van der Waals surface area contributed by atoms with Crippen LogP contribution in [0.1, 0.15) is 38.5 Å². The van der Waals surface area contributed by atoms with Gasteiger partial charge in [-0.2, -0.15) is 13.2 Å². The van der Waals surface area contributed by atoms with Crippen molar-refractivity contribution >= 4 is 5.91 Å². The summed E-state index contributed by atoms with van der Waals surface area (Å²) in [6.07, 6.45) is -1.29. The normalized spacial score (nSPS) is 30.9. The van der Waals surface area contributed by atoms with Gasteiger partial charge in [0.05, 0.1) is 11.3 Å². The van der Waals surface area contributed by atoms with Crippen LogP contribution in [0.4, 0.5) is 13.2 Å². The van der Waals surface area contributed by atoms with Crippen molar-refractivity contribution in [1.82, 2.24) is 5.32 Å². The molecule has 2 aliphatic carbocycles. The highest BCUT2D eigenvalue weighted by Gasteiger charge is 2.50. The van der Waals surface area contributed by atoms with E-state index in [1.807, 2.05) is 0 Å². The summed E-state index contributed by atoms with van der Waals surface area (Å²) in [7, 11) is 0. The zero-order chi connectivity index (χ0) is 13.4. The van der Waals surface area contributed by atoms with Gasteiger partial charge in [0.2, 0.25) is 5.91 Å². The molecule has 0 heterocycles. The van der Waals surface area contributed by atoms with Crippen LogP contribution >= 0.6 is 0 Å². The Morgan fingerprint density at radius 1 is 1.33 bits per heavy atom. The molecule has 104 valence electrons. The molecular formula is C12H19F3N2O. The zero-order valence-corrected chi connectivity index (χ0v) is 10.2. The quantitative estimate of drug-likeness (QED) is 0.818. The molecular weight excluding hydrogens is 245 g/mol. The highest BCUT2D eigenvalue weighted by molar-refractivity contribution is 5.85. The number of alkyl halides is 3. The first kappa shape index (κ1) is 13.6. The first-order chi connectivity index (χ1) is 8.37. The Morgan fingerprint density at radius 3 is 2.50 bits per heavy atom. The van der Waals surface area contributed by atoms with E-state index in [9.17, 15) is 18.0 Å². The first-order valence-electron chi connectivity index (χ1n) is 6.45. The molecule has 2 rings (SSSR count). The smallest absolute Gasteiger partial charge is 0.353 e. The van der Waals surface area contributed by atoms with E-state index in [0.29, 0.717) is 12.8 Å². The van der Waals surface area contributed by atoms with E-state index in [2.05, 4.69) is 5.32 Å². The van der Waals surface area contributed by atoms with E-state index in [-0.39, 0.29) is 31.3 Å². The van der Waals surface area contributed by atoms with Gasteiger partial charge in [0, 0.05) is 12.6 Å². The lowest BCUT2D eigenvalue weighted by Gasteiger charge is -2.31. The predicted octanol–water partition coefficient (Wildman–Crippen LogP) is 1.96. The van der Waals surface area contributed by atoms with Crippen molar-refractivity contribution in [2.75, 3.05) is 6.54 Å². The third-order valence-electron chi connectivity index (χ3n) is 4.20. The average molecular weight is 264 g/mol. The van der Waals surface area contributed by atoms with Crippen LogP contribution in [0.2, 0.25) is 0 Å². The van der Waals surface area contributed by atoms with E-state index in [4.69, 9.17) is 5.73 Å².